The Kier molecular flexibility index (Phi) is 4.01. The van der Waals surface area contributed by atoms with Crippen LogP contribution in [0.5, 0.6) is 11.6 Å². The van der Waals surface area contributed by atoms with Gasteiger partial charge in [0.25, 0.3) is 0 Å². The number of ether oxygens (including phenoxy) is 1. The quantitative estimate of drug-likeness (QED) is 0.908. The lowest BCUT2D eigenvalue weighted by atomic mass is 10.2. The second-order valence-electron chi connectivity index (χ2n) is 3.49. The Bertz CT molecular complexity index is 631. The molecule has 0 aliphatic rings. The van der Waals surface area contributed by atoms with Crippen LogP contribution in [-0.4, -0.2) is 16.1 Å². The number of hydrogen-bond donors (Lipinski definition) is 1. The van der Waals surface area contributed by atoms with Gasteiger partial charge in [-0.15, -0.1) is 0 Å². The number of aromatic carboxylic acids is 1. The van der Waals surface area contributed by atoms with Gasteiger partial charge in [-0.2, -0.15) is 0 Å². The zero-order valence-electron chi connectivity index (χ0n) is 9.23. The number of carbonyl (C=O) groups is 1. The number of benzene rings is 1. The molecule has 0 aliphatic carbocycles. The highest BCUT2D eigenvalue weighted by atomic mass is 79.9. The summed E-state index contributed by atoms with van der Waals surface area (Å²) in [5, 5.41) is 8.77. The first-order valence-electron chi connectivity index (χ1n) is 4.99. The maximum atomic E-state index is 13.2. The van der Waals surface area contributed by atoms with Crippen LogP contribution in [0.15, 0.2) is 34.9 Å². The molecule has 2 rings (SSSR count). The fraction of sp³-hybridized carbons (Fsp3) is 0. The molecule has 0 bridgehead atoms. The van der Waals surface area contributed by atoms with E-state index in [0.29, 0.717) is 4.47 Å². The van der Waals surface area contributed by atoms with Gasteiger partial charge >= 0.3 is 5.97 Å². The summed E-state index contributed by atoms with van der Waals surface area (Å²) in [7, 11) is 0. The van der Waals surface area contributed by atoms with Crippen molar-refractivity contribution in [2.24, 2.45) is 0 Å². The first-order chi connectivity index (χ1) is 8.97. The topological polar surface area (TPSA) is 59.4 Å². The molecule has 1 aromatic heterocycles. The average molecular weight is 347 g/mol. The summed E-state index contributed by atoms with van der Waals surface area (Å²) in [5.41, 5.74) is -0.137. The number of carboxylic acid groups (broad SMARTS) is 1. The predicted molar refractivity (Wildman–Crippen MR) is 70.4 cm³/mol. The fourth-order valence-corrected chi connectivity index (χ4v) is 2.04. The van der Waals surface area contributed by atoms with E-state index in [4.69, 9.17) is 21.4 Å². The molecule has 0 saturated carbocycles. The van der Waals surface area contributed by atoms with E-state index >= 15 is 0 Å². The Morgan fingerprint density at radius 3 is 2.79 bits per heavy atom. The van der Waals surface area contributed by atoms with E-state index in [9.17, 15) is 9.18 Å². The third-order valence-corrected chi connectivity index (χ3v) is 2.96. The molecule has 98 valence electrons. The van der Waals surface area contributed by atoms with E-state index in [2.05, 4.69) is 20.9 Å². The molecule has 0 saturated heterocycles. The minimum absolute atomic E-state index is 0.0981. The number of nitrogens with zero attached hydrogens (tertiary/aromatic N) is 1. The largest absolute Gasteiger partial charge is 0.478 e. The van der Waals surface area contributed by atoms with E-state index in [-0.39, 0.29) is 22.2 Å². The first kappa shape index (κ1) is 13.8. The van der Waals surface area contributed by atoms with E-state index in [0.717, 1.165) is 6.07 Å². The lowest BCUT2D eigenvalue weighted by Gasteiger charge is -2.08. The van der Waals surface area contributed by atoms with Crippen LogP contribution >= 0.6 is 27.5 Å². The molecule has 0 radical (unpaired) electrons. The Morgan fingerprint density at radius 1 is 1.42 bits per heavy atom. The third kappa shape index (κ3) is 3.21. The summed E-state index contributed by atoms with van der Waals surface area (Å²) in [6, 6.07) is 5.15. The van der Waals surface area contributed by atoms with Gasteiger partial charge in [0.2, 0.25) is 5.88 Å². The summed E-state index contributed by atoms with van der Waals surface area (Å²) in [6.07, 6.45) is 1.25. The molecule has 0 fully saturated rings. The Hall–Kier alpha value is -1.66. The van der Waals surface area contributed by atoms with Gasteiger partial charge in [0.05, 0.1) is 5.56 Å². The van der Waals surface area contributed by atoms with Crippen LogP contribution in [-0.2, 0) is 0 Å². The van der Waals surface area contributed by atoms with Crippen LogP contribution in [0.4, 0.5) is 4.39 Å². The molecular formula is C12H6BrClFNO3. The maximum absolute atomic E-state index is 13.2. The van der Waals surface area contributed by atoms with Crippen LogP contribution in [0.25, 0.3) is 0 Å². The maximum Gasteiger partial charge on any atom is 0.337 e. The van der Waals surface area contributed by atoms with Crippen LogP contribution in [0, 0.1) is 5.82 Å². The van der Waals surface area contributed by atoms with E-state index < -0.39 is 11.8 Å². The molecule has 0 aliphatic heterocycles. The van der Waals surface area contributed by atoms with Crippen molar-refractivity contribution >= 4 is 33.5 Å². The van der Waals surface area contributed by atoms with E-state index in [1.165, 1.54) is 24.4 Å². The second-order valence-corrected chi connectivity index (χ2v) is 4.78. The predicted octanol–water partition coefficient (Wildman–Crippen LogP) is 4.13. The minimum atomic E-state index is -1.20. The van der Waals surface area contributed by atoms with Gasteiger partial charge in [0.15, 0.2) is 0 Å². The molecule has 1 heterocycles. The molecule has 0 atom stereocenters. The standard InChI is InChI=1S/C12H6BrClFNO3/c13-6-3-7(15)5-8(4-6)19-11-10(14)9(12(17)18)1-2-16-11/h1-5H,(H,17,18). The highest BCUT2D eigenvalue weighted by Crippen LogP contribution is 2.31. The molecule has 1 aromatic carbocycles. The van der Waals surface area contributed by atoms with Gasteiger partial charge in [-0.3, -0.25) is 0 Å². The normalized spacial score (nSPS) is 10.3. The van der Waals surface area contributed by atoms with E-state index in [1.807, 2.05) is 0 Å². The summed E-state index contributed by atoms with van der Waals surface area (Å²) in [6.45, 7) is 0. The van der Waals surface area contributed by atoms with Gasteiger partial charge in [-0.05, 0) is 18.2 Å². The van der Waals surface area contributed by atoms with Crippen molar-refractivity contribution in [1.29, 1.82) is 0 Å². The Labute approximate surface area is 120 Å². The van der Waals surface area contributed by atoms with Crippen LogP contribution < -0.4 is 4.74 Å². The second kappa shape index (κ2) is 5.54. The van der Waals surface area contributed by atoms with Crippen molar-refractivity contribution in [2.75, 3.05) is 0 Å². The summed E-state index contributed by atoms with van der Waals surface area (Å²) < 4.78 is 18.9. The van der Waals surface area contributed by atoms with Crippen molar-refractivity contribution in [3.63, 3.8) is 0 Å². The van der Waals surface area contributed by atoms with Crippen LogP contribution in [0.2, 0.25) is 5.02 Å². The Morgan fingerprint density at radius 2 is 2.16 bits per heavy atom. The molecule has 1 N–H and O–H groups in total. The fourth-order valence-electron chi connectivity index (χ4n) is 1.36. The highest BCUT2D eigenvalue weighted by molar-refractivity contribution is 9.10. The van der Waals surface area contributed by atoms with Gasteiger partial charge in [0, 0.05) is 16.7 Å². The van der Waals surface area contributed by atoms with Gasteiger partial charge in [-0.25, -0.2) is 14.2 Å². The molecule has 0 spiro atoms. The Balaban J connectivity index is 2.38. The highest BCUT2D eigenvalue weighted by Gasteiger charge is 2.15. The van der Waals surface area contributed by atoms with Crippen molar-refractivity contribution < 1.29 is 19.0 Å². The number of pyridine rings is 1. The summed E-state index contributed by atoms with van der Waals surface area (Å²) in [4.78, 5) is 14.7. The van der Waals surface area contributed by atoms with Crippen molar-refractivity contribution in [3.8, 4) is 11.6 Å². The molecule has 0 unspecified atom stereocenters. The minimum Gasteiger partial charge on any atom is -0.478 e. The number of carboxylic acids is 1. The smallest absolute Gasteiger partial charge is 0.337 e. The molecule has 0 amide bonds. The van der Waals surface area contributed by atoms with Gasteiger partial charge in [-0.1, -0.05) is 27.5 Å². The number of aromatic nitrogens is 1. The number of halogens is 3. The average Bonchev–Trinajstić information content (AvgIpc) is 2.30. The monoisotopic (exact) mass is 345 g/mol. The first-order valence-corrected chi connectivity index (χ1v) is 6.16. The van der Waals surface area contributed by atoms with Crippen molar-refractivity contribution in [3.05, 3.63) is 51.3 Å². The molecule has 4 nitrogen and oxygen atoms in total. The summed E-state index contributed by atoms with van der Waals surface area (Å²) in [5.74, 6) is -1.64. The lowest BCUT2D eigenvalue weighted by Crippen LogP contribution is -2.00. The van der Waals surface area contributed by atoms with Crippen molar-refractivity contribution in [2.45, 2.75) is 0 Å². The molecular weight excluding hydrogens is 340 g/mol. The zero-order chi connectivity index (χ0) is 14.0. The van der Waals surface area contributed by atoms with Crippen LogP contribution in [0.3, 0.4) is 0 Å². The number of rotatable bonds is 3. The summed E-state index contributed by atoms with van der Waals surface area (Å²) >= 11 is 8.97. The van der Waals surface area contributed by atoms with Crippen LogP contribution in [0.1, 0.15) is 10.4 Å². The molecule has 2 aromatic rings. The lowest BCUT2D eigenvalue weighted by molar-refractivity contribution is 0.0696. The molecule has 7 heteroatoms. The third-order valence-electron chi connectivity index (χ3n) is 2.14. The molecule has 19 heavy (non-hydrogen) atoms. The van der Waals surface area contributed by atoms with E-state index in [1.54, 1.807) is 0 Å². The van der Waals surface area contributed by atoms with Gasteiger partial charge in [0.1, 0.15) is 16.6 Å². The van der Waals surface area contributed by atoms with Crippen molar-refractivity contribution in [1.82, 2.24) is 4.98 Å². The zero-order valence-corrected chi connectivity index (χ0v) is 11.6. The number of hydrogen-bond acceptors (Lipinski definition) is 3. The van der Waals surface area contributed by atoms with Gasteiger partial charge < -0.3 is 9.84 Å². The SMILES string of the molecule is O=C(O)c1ccnc(Oc2cc(F)cc(Br)c2)c1Cl.